The second-order valence-electron chi connectivity index (χ2n) is 8.33. The minimum absolute atomic E-state index is 0.233. The minimum atomic E-state index is -3.93. The van der Waals surface area contributed by atoms with Gasteiger partial charge in [-0.25, -0.2) is 0 Å². The van der Waals surface area contributed by atoms with E-state index in [0.29, 0.717) is 19.0 Å². The van der Waals surface area contributed by atoms with Crippen molar-refractivity contribution in [1.82, 2.24) is 9.21 Å². The molecule has 0 saturated carbocycles. The Bertz CT molecular complexity index is 1110. The van der Waals surface area contributed by atoms with Crippen LogP contribution in [0.2, 0.25) is 0 Å². The number of morpholine rings is 1. The second-order valence-corrected chi connectivity index (χ2v) is 9.87. The van der Waals surface area contributed by atoms with Gasteiger partial charge >= 0.3 is 10.3 Å². The summed E-state index contributed by atoms with van der Waals surface area (Å²) < 4.78 is 48.6. The highest BCUT2D eigenvalue weighted by atomic mass is 32.2. The Morgan fingerprint density at radius 3 is 2.47 bits per heavy atom. The van der Waals surface area contributed by atoms with Crippen molar-refractivity contribution in [2.45, 2.75) is 25.4 Å². The number of nitrogens with zero attached hydrogens (tertiary/aromatic N) is 2. The van der Waals surface area contributed by atoms with E-state index in [1.54, 1.807) is 7.11 Å². The third-order valence-electron chi connectivity index (χ3n) is 6.57. The molecule has 0 aliphatic carbocycles. The second kappa shape index (κ2) is 8.55. The number of hydrogen-bond acceptors (Lipinski definition) is 7. The topological polar surface area (TPSA) is 77.5 Å². The zero-order valence-electron chi connectivity index (χ0n) is 18.4. The smallest absolute Gasteiger partial charge is 0.385 e. The van der Waals surface area contributed by atoms with E-state index in [-0.39, 0.29) is 24.9 Å². The van der Waals surface area contributed by atoms with E-state index in [9.17, 15) is 8.42 Å². The van der Waals surface area contributed by atoms with Crippen molar-refractivity contribution in [1.29, 1.82) is 0 Å². The fourth-order valence-corrected chi connectivity index (χ4v) is 5.92. The molecule has 1 atom stereocenters. The van der Waals surface area contributed by atoms with E-state index < -0.39 is 10.3 Å². The Morgan fingerprint density at radius 1 is 0.938 bits per heavy atom. The molecule has 2 aromatic carbocycles. The van der Waals surface area contributed by atoms with E-state index in [1.165, 1.54) is 22.5 Å². The summed E-state index contributed by atoms with van der Waals surface area (Å²) in [5.41, 5.74) is 4.85. The van der Waals surface area contributed by atoms with Crippen molar-refractivity contribution < 1.29 is 26.8 Å². The van der Waals surface area contributed by atoms with E-state index in [2.05, 4.69) is 17.0 Å². The molecule has 5 rings (SSSR count). The standard InChI is InChI=1S/C23H28N2O6S/c1-28-19-3-4-20-16(11-19)5-6-24-15-18-14-22(29-2)23(13-17(18)12-21(20)24)31-32(26,27)25-7-9-30-10-8-25/h3-4,11,13-14,21H,5-10,12,15H2,1-2H3. The summed E-state index contributed by atoms with van der Waals surface area (Å²) in [7, 11) is -0.704. The van der Waals surface area contributed by atoms with Crippen LogP contribution in [0.5, 0.6) is 17.2 Å². The molecular formula is C23H28N2O6S. The van der Waals surface area contributed by atoms with Crippen LogP contribution in [0.15, 0.2) is 30.3 Å². The average molecular weight is 461 g/mol. The molecule has 0 radical (unpaired) electrons. The predicted molar refractivity (Wildman–Crippen MR) is 118 cm³/mol. The number of rotatable bonds is 5. The molecule has 3 aliphatic rings. The maximum Gasteiger partial charge on any atom is 0.385 e. The molecule has 32 heavy (non-hydrogen) atoms. The SMILES string of the molecule is COc1ccc2c(c1)CCN1Cc3cc(OC)c(OS(=O)(=O)N4CCOCC4)cc3CC21. The molecule has 0 aromatic heterocycles. The maximum atomic E-state index is 12.8. The van der Waals surface area contributed by atoms with Crippen LogP contribution in [0.25, 0.3) is 0 Å². The number of ether oxygens (including phenoxy) is 3. The van der Waals surface area contributed by atoms with Crippen molar-refractivity contribution in [3.8, 4) is 17.2 Å². The zero-order chi connectivity index (χ0) is 22.3. The monoisotopic (exact) mass is 460 g/mol. The molecule has 9 heteroatoms. The zero-order valence-corrected chi connectivity index (χ0v) is 19.2. The molecule has 0 bridgehead atoms. The lowest BCUT2D eigenvalue weighted by molar-refractivity contribution is 0.0698. The highest BCUT2D eigenvalue weighted by Crippen LogP contribution is 2.42. The van der Waals surface area contributed by atoms with Crippen LogP contribution in [0.3, 0.4) is 0 Å². The lowest BCUT2D eigenvalue weighted by Crippen LogP contribution is -2.42. The molecule has 172 valence electrons. The molecule has 8 nitrogen and oxygen atoms in total. The van der Waals surface area contributed by atoms with Gasteiger partial charge in [0, 0.05) is 32.2 Å². The van der Waals surface area contributed by atoms with Crippen LogP contribution in [0.1, 0.15) is 28.3 Å². The molecule has 0 spiro atoms. The largest absolute Gasteiger partial charge is 0.497 e. The Labute approximate surface area is 188 Å². The molecule has 0 N–H and O–H groups in total. The molecule has 3 heterocycles. The summed E-state index contributed by atoms with van der Waals surface area (Å²) in [6.07, 6.45) is 1.76. The van der Waals surface area contributed by atoms with Crippen molar-refractivity contribution in [3.05, 3.63) is 52.6 Å². The molecule has 1 fully saturated rings. The van der Waals surface area contributed by atoms with Gasteiger partial charge in [-0.1, -0.05) is 6.07 Å². The van der Waals surface area contributed by atoms with Gasteiger partial charge in [0.15, 0.2) is 11.5 Å². The van der Waals surface area contributed by atoms with Crippen molar-refractivity contribution in [2.24, 2.45) is 0 Å². The summed E-state index contributed by atoms with van der Waals surface area (Å²) >= 11 is 0. The van der Waals surface area contributed by atoms with E-state index in [4.69, 9.17) is 18.4 Å². The van der Waals surface area contributed by atoms with Crippen LogP contribution in [0.4, 0.5) is 0 Å². The Morgan fingerprint density at radius 2 is 1.72 bits per heavy atom. The number of benzene rings is 2. The van der Waals surface area contributed by atoms with Crippen LogP contribution < -0.4 is 13.7 Å². The number of methoxy groups -OCH3 is 2. The quantitative estimate of drug-likeness (QED) is 0.678. The first-order valence-electron chi connectivity index (χ1n) is 10.9. The van der Waals surface area contributed by atoms with Crippen molar-refractivity contribution in [3.63, 3.8) is 0 Å². The molecule has 2 aromatic rings. The first-order chi connectivity index (χ1) is 15.5. The normalized spacial score (nSPS) is 21.2. The maximum absolute atomic E-state index is 12.8. The number of hydrogen-bond donors (Lipinski definition) is 0. The van der Waals surface area contributed by atoms with E-state index in [0.717, 1.165) is 42.8 Å². The Hall–Kier alpha value is -2.33. The highest BCUT2D eigenvalue weighted by Gasteiger charge is 2.34. The van der Waals surface area contributed by atoms with Gasteiger partial charge in [0.1, 0.15) is 5.75 Å². The number of fused-ring (bicyclic) bond motifs is 4. The summed E-state index contributed by atoms with van der Waals surface area (Å²) in [5, 5.41) is 0. The van der Waals surface area contributed by atoms with E-state index in [1.807, 2.05) is 18.2 Å². The van der Waals surface area contributed by atoms with Gasteiger partial charge in [-0.3, -0.25) is 4.90 Å². The van der Waals surface area contributed by atoms with Gasteiger partial charge in [-0.2, -0.15) is 12.7 Å². The third-order valence-corrected chi connectivity index (χ3v) is 7.96. The molecule has 1 unspecified atom stereocenters. The average Bonchev–Trinajstić information content (AvgIpc) is 2.82. The van der Waals surface area contributed by atoms with Gasteiger partial charge in [-0.05, 0) is 59.4 Å². The van der Waals surface area contributed by atoms with Crippen LogP contribution in [-0.4, -0.2) is 64.7 Å². The molecule has 3 aliphatic heterocycles. The van der Waals surface area contributed by atoms with Crippen LogP contribution in [-0.2, 0) is 34.4 Å². The highest BCUT2D eigenvalue weighted by molar-refractivity contribution is 7.84. The Balaban J connectivity index is 1.45. The van der Waals surface area contributed by atoms with Gasteiger partial charge in [0.05, 0.1) is 27.4 Å². The molecule has 1 saturated heterocycles. The minimum Gasteiger partial charge on any atom is -0.497 e. The van der Waals surface area contributed by atoms with Gasteiger partial charge in [0.2, 0.25) is 0 Å². The lowest BCUT2D eigenvalue weighted by Gasteiger charge is -2.41. The van der Waals surface area contributed by atoms with E-state index >= 15 is 0 Å². The molecular weight excluding hydrogens is 432 g/mol. The fourth-order valence-electron chi connectivity index (χ4n) is 4.87. The third kappa shape index (κ3) is 3.94. The van der Waals surface area contributed by atoms with Crippen LogP contribution >= 0.6 is 0 Å². The molecule has 0 amide bonds. The first-order valence-corrected chi connectivity index (χ1v) is 12.2. The van der Waals surface area contributed by atoms with Crippen molar-refractivity contribution in [2.75, 3.05) is 47.1 Å². The van der Waals surface area contributed by atoms with Crippen molar-refractivity contribution >= 4 is 10.3 Å². The summed E-state index contributed by atoms with van der Waals surface area (Å²) in [4.78, 5) is 2.47. The fraction of sp³-hybridized carbons (Fsp3) is 0.478. The van der Waals surface area contributed by atoms with Crippen LogP contribution in [0, 0.1) is 0 Å². The summed E-state index contributed by atoms with van der Waals surface area (Å²) in [6, 6.07) is 10.3. The van der Waals surface area contributed by atoms with Gasteiger partial charge in [0.25, 0.3) is 0 Å². The van der Waals surface area contributed by atoms with Gasteiger partial charge in [-0.15, -0.1) is 0 Å². The Kier molecular flexibility index (Phi) is 5.75. The first kappa shape index (κ1) is 21.5. The summed E-state index contributed by atoms with van der Waals surface area (Å²) in [6.45, 7) is 3.06. The summed E-state index contributed by atoms with van der Waals surface area (Å²) in [5.74, 6) is 1.54. The predicted octanol–water partition coefficient (Wildman–Crippen LogP) is 2.32. The van der Waals surface area contributed by atoms with Gasteiger partial charge < -0.3 is 18.4 Å². The lowest BCUT2D eigenvalue weighted by atomic mass is 9.84.